The first kappa shape index (κ1) is 13.5. The first-order chi connectivity index (χ1) is 7.59. The van der Waals surface area contributed by atoms with Gasteiger partial charge in [0.15, 0.2) is 0 Å². The molecule has 0 spiro atoms. The van der Waals surface area contributed by atoms with Gasteiger partial charge >= 0.3 is 0 Å². The largest absolute Gasteiger partial charge is 0.353 e. The zero-order valence-electron chi connectivity index (χ0n) is 10.8. The number of hydrogen-bond donors (Lipinski definition) is 2. The molecule has 1 heterocycles. The minimum Gasteiger partial charge on any atom is -0.353 e. The molecule has 2 atom stereocenters. The third kappa shape index (κ3) is 4.94. The number of amides is 1. The molecule has 0 radical (unpaired) electrons. The van der Waals surface area contributed by atoms with Crippen LogP contribution in [0.15, 0.2) is 0 Å². The molecule has 1 aliphatic heterocycles. The molecule has 4 nitrogen and oxygen atoms in total. The smallest absolute Gasteiger partial charge is 0.224 e. The Morgan fingerprint density at radius 1 is 1.56 bits per heavy atom. The summed E-state index contributed by atoms with van der Waals surface area (Å²) in [5.41, 5.74) is 0. The monoisotopic (exact) mass is 227 g/mol. The summed E-state index contributed by atoms with van der Waals surface area (Å²) in [5, 5.41) is 6.37. The average molecular weight is 227 g/mol. The number of carbonyl (C=O) groups is 1. The molecule has 0 saturated carbocycles. The van der Waals surface area contributed by atoms with E-state index in [9.17, 15) is 4.79 Å². The highest BCUT2D eigenvalue weighted by Gasteiger charge is 2.21. The van der Waals surface area contributed by atoms with Gasteiger partial charge in [-0.3, -0.25) is 4.79 Å². The molecule has 4 heteroatoms. The van der Waals surface area contributed by atoms with Crippen molar-refractivity contribution in [3.05, 3.63) is 0 Å². The molecule has 0 aromatic carbocycles. The Morgan fingerprint density at radius 2 is 2.31 bits per heavy atom. The fraction of sp³-hybridized carbons (Fsp3) is 0.917. The summed E-state index contributed by atoms with van der Waals surface area (Å²) < 4.78 is 0. The van der Waals surface area contributed by atoms with Gasteiger partial charge in [0, 0.05) is 12.6 Å². The molecule has 94 valence electrons. The van der Waals surface area contributed by atoms with E-state index in [1.54, 1.807) is 0 Å². The number of rotatable bonds is 5. The van der Waals surface area contributed by atoms with Crippen molar-refractivity contribution in [2.45, 2.75) is 32.2 Å². The highest BCUT2D eigenvalue weighted by Crippen LogP contribution is 2.10. The van der Waals surface area contributed by atoms with E-state index in [0.29, 0.717) is 0 Å². The van der Waals surface area contributed by atoms with E-state index < -0.39 is 0 Å². The minimum atomic E-state index is 0.176. The van der Waals surface area contributed by atoms with Crippen LogP contribution in [0.2, 0.25) is 0 Å². The normalized spacial score (nSPS) is 23.1. The first-order valence-corrected chi connectivity index (χ1v) is 6.25. The second-order valence-electron chi connectivity index (χ2n) is 5.04. The zero-order valence-corrected chi connectivity index (χ0v) is 10.8. The van der Waals surface area contributed by atoms with E-state index in [2.05, 4.69) is 36.6 Å². The van der Waals surface area contributed by atoms with E-state index >= 15 is 0 Å². The number of nitrogens with zero attached hydrogens (tertiary/aromatic N) is 1. The second kappa shape index (κ2) is 6.86. The minimum absolute atomic E-state index is 0.176. The Balaban J connectivity index is 2.21. The molecule has 1 aliphatic rings. The molecule has 0 bridgehead atoms. The van der Waals surface area contributed by atoms with Gasteiger partial charge in [0.25, 0.3) is 0 Å². The Morgan fingerprint density at radius 3 is 2.88 bits per heavy atom. The van der Waals surface area contributed by atoms with E-state index in [1.165, 1.54) is 0 Å². The van der Waals surface area contributed by atoms with Gasteiger partial charge < -0.3 is 15.5 Å². The highest BCUT2D eigenvalue weighted by molar-refractivity contribution is 5.79. The SMILES string of the molecule is CC(CCN(C)C)NC(=O)[C@@H]1CCCNC1. The van der Waals surface area contributed by atoms with Crippen molar-refractivity contribution in [2.75, 3.05) is 33.7 Å². The molecule has 1 rings (SSSR count). The quantitative estimate of drug-likeness (QED) is 0.716. The van der Waals surface area contributed by atoms with Gasteiger partial charge in [-0.1, -0.05) is 0 Å². The van der Waals surface area contributed by atoms with E-state index in [0.717, 1.165) is 38.9 Å². The first-order valence-electron chi connectivity index (χ1n) is 6.25. The molecule has 2 N–H and O–H groups in total. The zero-order chi connectivity index (χ0) is 12.0. The van der Waals surface area contributed by atoms with Crippen LogP contribution >= 0.6 is 0 Å². The third-order valence-electron chi connectivity index (χ3n) is 3.07. The van der Waals surface area contributed by atoms with E-state index in [1.807, 2.05) is 0 Å². The summed E-state index contributed by atoms with van der Waals surface area (Å²) >= 11 is 0. The number of hydrogen-bond acceptors (Lipinski definition) is 3. The summed E-state index contributed by atoms with van der Waals surface area (Å²) in [7, 11) is 4.11. The average Bonchev–Trinajstić information content (AvgIpc) is 2.27. The van der Waals surface area contributed by atoms with Crippen LogP contribution in [-0.4, -0.2) is 50.6 Å². The lowest BCUT2D eigenvalue weighted by Gasteiger charge is -2.24. The lowest BCUT2D eigenvalue weighted by Crippen LogP contribution is -2.44. The fourth-order valence-corrected chi connectivity index (χ4v) is 1.96. The van der Waals surface area contributed by atoms with Gasteiger partial charge in [-0.15, -0.1) is 0 Å². The number of carbonyl (C=O) groups excluding carboxylic acids is 1. The van der Waals surface area contributed by atoms with Crippen molar-refractivity contribution in [2.24, 2.45) is 5.92 Å². The summed E-state index contributed by atoms with van der Waals surface area (Å²) in [4.78, 5) is 14.0. The van der Waals surface area contributed by atoms with Crippen LogP contribution in [0.5, 0.6) is 0 Å². The van der Waals surface area contributed by atoms with Crippen molar-refractivity contribution < 1.29 is 4.79 Å². The standard InChI is InChI=1S/C12H25N3O/c1-10(6-8-15(2)3)14-12(16)11-5-4-7-13-9-11/h10-11,13H,4-9H2,1-3H3,(H,14,16)/t10?,11-/m1/s1. The van der Waals surface area contributed by atoms with Crippen molar-refractivity contribution in [1.82, 2.24) is 15.5 Å². The van der Waals surface area contributed by atoms with Crippen LogP contribution in [0.4, 0.5) is 0 Å². The van der Waals surface area contributed by atoms with E-state index in [-0.39, 0.29) is 17.9 Å². The predicted octanol–water partition coefficient (Wildman–Crippen LogP) is 0.442. The van der Waals surface area contributed by atoms with Crippen molar-refractivity contribution in [3.8, 4) is 0 Å². The summed E-state index contributed by atoms with van der Waals surface area (Å²) in [6.07, 6.45) is 3.16. The maximum Gasteiger partial charge on any atom is 0.224 e. The number of nitrogens with one attached hydrogen (secondary N) is 2. The summed E-state index contributed by atoms with van der Waals surface area (Å²) in [5.74, 6) is 0.397. The van der Waals surface area contributed by atoms with Gasteiger partial charge in [-0.25, -0.2) is 0 Å². The summed E-state index contributed by atoms with van der Waals surface area (Å²) in [6, 6.07) is 0.275. The predicted molar refractivity (Wildman–Crippen MR) is 66.4 cm³/mol. The van der Waals surface area contributed by atoms with Crippen LogP contribution < -0.4 is 10.6 Å². The van der Waals surface area contributed by atoms with Crippen LogP contribution in [0, 0.1) is 5.92 Å². The van der Waals surface area contributed by atoms with Crippen LogP contribution in [-0.2, 0) is 4.79 Å². The molecular weight excluding hydrogens is 202 g/mol. The molecule has 0 aromatic heterocycles. The van der Waals surface area contributed by atoms with Crippen molar-refractivity contribution in [1.29, 1.82) is 0 Å². The Bertz CT molecular complexity index is 212. The van der Waals surface area contributed by atoms with Gasteiger partial charge in [0.05, 0.1) is 5.92 Å². The Hall–Kier alpha value is -0.610. The highest BCUT2D eigenvalue weighted by atomic mass is 16.1. The molecular formula is C12H25N3O. The number of piperidine rings is 1. The molecule has 1 fully saturated rings. The Labute approximate surface area is 98.8 Å². The lowest BCUT2D eigenvalue weighted by atomic mass is 9.98. The van der Waals surface area contributed by atoms with E-state index in [4.69, 9.17) is 0 Å². The van der Waals surface area contributed by atoms with Gasteiger partial charge in [0.2, 0.25) is 5.91 Å². The maximum absolute atomic E-state index is 11.9. The third-order valence-corrected chi connectivity index (χ3v) is 3.07. The Kier molecular flexibility index (Phi) is 5.77. The second-order valence-corrected chi connectivity index (χ2v) is 5.04. The van der Waals surface area contributed by atoms with Gasteiger partial charge in [0.1, 0.15) is 0 Å². The van der Waals surface area contributed by atoms with Crippen LogP contribution in [0.25, 0.3) is 0 Å². The van der Waals surface area contributed by atoms with Gasteiger partial charge in [-0.05, 0) is 53.4 Å². The van der Waals surface area contributed by atoms with Gasteiger partial charge in [-0.2, -0.15) is 0 Å². The molecule has 0 aliphatic carbocycles. The topological polar surface area (TPSA) is 44.4 Å². The summed E-state index contributed by atoms with van der Waals surface area (Å²) in [6.45, 7) is 4.99. The maximum atomic E-state index is 11.9. The molecule has 0 aromatic rings. The van der Waals surface area contributed by atoms with Crippen LogP contribution in [0.3, 0.4) is 0 Å². The van der Waals surface area contributed by atoms with Crippen LogP contribution in [0.1, 0.15) is 26.2 Å². The molecule has 1 unspecified atom stereocenters. The van der Waals surface area contributed by atoms with Crippen molar-refractivity contribution >= 4 is 5.91 Å². The molecule has 16 heavy (non-hydrogen) atoms. The van der Waals surface area contributed by atoms with Crippen molar-refractivity contribution in [3.63, 3.8) is 0 Å². The molecule has 1 saturated heterocycles. The fourth-order valence-electron chi connectivity index (χ4n) is 1.96. The lowest BCUT2D eigenvalue weighted by molar-refractivity contribution is -0.126. The molecule has 1 amide bonds.